The Morgan fingerprint density at radius 3 is 2.72 bits per heavy atom. The number of carbonyl (C=O) groups is 2. The summed E-state index contributed by atoms with van der Waals surface area (Å²) in [6.07, 6.45) is 6.12. The number of Topliss-reactive ketones (excluding diaryl/α,β-unsaturated/α-hetero) is 1. The van der Waals surface area contributed by atoms with Crippen molar-refractivity contribution in [2.45, 2.75) is 71.6 Å². The average molecular weight is 398 g/mol. The predicted molar refractivity (Wildman–Crippen MR) is 114 cm³/mol. The summed E-state index contributed by atoms with van der Waals surface area (Å²) >= 11 is 0. The minimum absolute atomic E-state index is 0.0988. The van der Waals surface area contributed by atoms with Gasteiger partial charge in [-0.2, -0.15) is 0 Å². The van der Waals surface area contributed by atoms with Gasteiger partial charge in [0.25, 0.3) is 0 Å². The molecular weight excluding hydrogens is 362 g/mol. The van der Waals surface area contributed by atoms with E-state index in [2.05, 4.69) is 19.9 Å². The third-order valence-corrected chi connectivity index (χ3v) is 8.49. The lowest BCUT2D eigenvalue weighted by Crippen LogP contribution is -2.42. The Morgan fingerprint density at radius 1 is 1.28 bits per heavy atom. The van der Waals surface area contributed by atoms with Gasteiger partial charge < -0.3 is 10.0 Å². The molecule has 1 aromatic rings. The molecule has 3 aliphatic carbocycles. The molecule has 0 aromatic heterocycles. The van der Waals surface area contributed by atoms with Crippen molar-refractivity contribution in [2.24, 2.45) is 23.2 Å². The van der Waals surface area contributed by atoms with Crippen molar-refractivity contribution in [1.82, 2.24) is 4.90 Å². The summed E-state index contributed by atoms with van der Waals surface area (Å²) in [5, 5.41) is 10.3. The number of ketones is 1. The van der Waals surface area contributed by atoms with E-state index in [1.54, 1.807) is 4.90 Å². The quantitative estimate of drug-likeness (QED) is 0.815. The Hall–Kier alpha value is -1.84. The summed E-state index contributed by atoms with van der Waals surface area (Å²) in [6, 6.07) is 4.22. The van der Waals surface area contributed by atoms with Gasteiger partial charge in [-0.3, -0.25) is 9.59 Å². The highest BCUT2D eigenvalue weighted by Crippen LogP contribution is 2.61. The van der Waals surface area contributed by atoms with Crippen LogP contribution in [0.15, 0.2) is 12.1 Å². The number of carbonyl (C=O) groups excluding carboxylic acids is 2. The van der Waals surface area contributed by atoms with E-state index in [0.29, 0.717) is 42.3 Å². The van der Waals surface area contributed by atoms with E-state index >= 15 is 0 Å². The number of aryl methyl sites for hydroxylation is 2. The van der Waals surface area contributed by atoms with Crippen molar-refractivity contribution in [1.29, 1.82) is 0 Å². The summed E-state index contributed by atoms with van der Waals surface area (Å²) in [5.41, 5.74) is 3.48. The Kier molecular flexibility index (Phi) is 5.25. The van der Waals surface area contributed by atoms with Crippen LogP contribution in [-0.4, -0.2) is 35.3 Å². The molecule has 1 aromatic carbocycles. The summed E-state index contributed by atoms with van der Waals surface area (Å²) in [7, 11) is 1.82. The number of phenolic OH excluding ortho intramolecular Hbond substituents is 1. The Labute approximate surface area is 174 Å². The summed E-state index contributed by atoms with van der Waals surface area (Å²) < 4.78 is 0. The molecule has 0 bridgehead atoms. The van der Waals surface area contributed by atoms with Gasteiger partial charge in [-0.15, -0.1) is 0 Å². The normalized spacial score (nSPS) is 33.0. The first-order chi connectivity index (χ1) is 13.8. The second-order valence-electron chi connectivity index (χ2n) is 9.81. The van der Waals surface area contributed by atoms with Crippen LogP contribution in [0.5, 0.6) is 5.75 Å². The molecule has 29 heavy (non-hydrogen) atoms. The molecule has 0 heterocycles. The molecule has 0 unspecified atom stereocenters. The number of amides is 1. The van der Waals surface area contributed by atoms with Gasteiger partial charge in [0, 0.05) is 31.3 Å². The van der Waals surface area contributed by atoms with E-state index < -0.39 is 0 Å². The highest BCUT2D eigenvalue weighted by molar-refractivity contribution is 5.93. The van der Waals surface area contributed by atoms with E-state index in [0.717, 1.165) is 44.1 Å². The molecule has 1 amide bonds. The minimum atomic E-state index is -0.265. The third-order valence-electron chi connectivity index (χ3n) is 8.49. The molecule has 3 aliphatic rings. The number of fused-ring (bicyclic) bond motifs is 5. The molecule has 5 atom stereocenters. The summed E-state index contributed by atoms with van der Waals surface area (Å²) in [5.74, 6) is 2.14. The van der Waals surface area contributed by atoms with Crippen LogP contribution in [0.25, 0.3) is 0 Å². The number of rotatable bonds is 4. The fraction of sp³-hybridized carbons (Fsp3) is 0.680. The zero-order valence-electron chi connectivity index (χ0n) is 18.3. The van der Waals surface area contributed by atoms with E-state index in [1.165, 1.54) is 11.1 Å². The largest absolute Gasteiger partial charge is 0.508 e. The van der Waals surface area contributed by atoms with Crippen LogP contribution in [0.1, 0.15) is 75.5 Å². The molecule has 0 radical (unpaired) electrons. The standard InChI is InChI=1S/C25H35NO3/c1-5-15-11-20-16(13-22(15)27)7-8-19-18(20)9-10-25(3)21(19)12-17(24(25)29)14-23(28)26(4)6-2/h11,13,17-19,21,27H,5-10,12,14H2,1-4H3/t17-,18+,19-,21+,25+/m1/s1. The Morgan fingerprint density at radius 2 is 2.03 bits per heavy atom. The summed E-state index contributed by atoms with van der Waals surface area (Å²) in [4.78, 5) is 27.6. The molecule has 1 N–H and O–H groups in total. The Balaban J connectivity index is 1.60. The van der Waals surface area contributed by atoms with Crippen molar-refractivity contribution in [3.05, 3.63) is 28.8 Å². The zero-order valence-corrected chi connectivity index (χ0v) is 18.3. The predicted octanol–water partition coefficient (Wildman–Crippen LogP) is 4.47. The molecule has 0 aliphatic heterocycles. The molecule has 4 nitrogen and oxygen atoms in total. The van der Waals surface area contributed by atoms with Gasteiger partial charge in [0.1, 0.15) is 11.5 Å². The molecular formula is C25H35NO3. The van der Waals surface area contributed by atoms with Crippen LogP contribution in [0.4, 0.5) is 0 Å². The van der Waals surface area contributed by atoms with Crippen LogP contribution in [-0.2, 0) is 22.4 Å². The Bertz CT molecular complexity index is 832. The van der Waals surface area contributed by atoms with Gasteiger partial charge in [-0.25, -0.2) is 0 Å². The molecule has 2 saturated carbocycles. The average Bonchev–Trinajstić information content (AvgIpc) is 2.97. The molecule has 4 heteroatoms. The van der Waals surface area contributed by atoms with Gasteiger partial charge in [-0.05, 0) is 86.0 Å². The number of hydrogen-bond acceptors (Lipinski definition) is 3. The first-order valence-corrected chi connectivity index (χ1v) is 11.4. The lowest BCUT2D eigenvalue weighted by molar-refractivity contribution is -0.137. The number of hydrogen-bond donors (Lipinski definition) is 1. The second-order valence-corrected chi connectivity index (χ2v) is 9.81. The highest BCUT2D eigenvalue weighted by Gasteiger charge is 2.58. The van der Waals surface area contributed by atoms with Crippen molar-refractivity contribution < 1.29 is 14.7 Å². The van der Waals surface area contributed by atoms with Crippen LogP contribution in [0.3, 0.4) is 0 Å². The van der Waals surface area contributed by atoms with Crippen molar-refractivity contribution in [3.8, 4) is 5.75 Å². The van der Waals surface area contributed by atoms with Crippen molar-refractivity contribution in [3.63, 3.8) is 0 Å². The maximum Gasteiger partial charge on any atom is 0.223 e. The van der Waals surface area contributed by atoms with E-state index in [1.807, 2.05) is 20.0 Å². The van der Waals surface area contributed by atoms with Crippen molar-refractivity contribution in [2.75, 3.05) is 13.6 Å². The zero-order chi connectivity index (χ0) is 20.9. The molecule has 2 fully saturated rings. The number of aromatic hydroxyl groups is 1. The maximum absolute atomic E-state index is 13.4. The smallest absolute Gasteiger partial charge is 0.223 e. The van der Waals surface area contributed by atoms with Crippen molar-refractivity contribution >= 4 is 11.7 Å². The van der Waals surface area contributed by atoms with Gasteiger partial charge >= 0.3 is 0 Å². The number of nitrogens with zero attached hydrogens (tertiary/aromatic N) is 1. The molecule has 0 saturated heterocycles. The SMILES string of the molecule is CCc1cc2c(cc1O)CC[C@@H]1[C@@H]2CC[C@]2(C)C(=O)[C@@H](CC(=O)N(C)CC)C[C@@H]12. The van der Waals surface area contributed by atoms with Gasteiger partial charge in [0.15, 0.2) is 0 Å². The number of benzene rings is 1. The fourth-order valence-electron chi connectivity index (χ4n) is 6.60. The van der Waals surface area contributed by atoms with E-state index in [4.69, 9.17) is 0 Å². The molecule has 158 valence electrons. The van der Waals surface area contributed by atoms with Crippen LogP contribution >= 0.6 is 0 Å². The van der Waals surface area contributed by atoms with E-state index in [-0.39, 0.29) is 17.2 Å². The first kappa shape index (κ1) is 20.4. The topological polar surface area (TPSA) is 57.6 Å². The lowest BCUT2D eigenvalue weighted by Gasteiger charge is -2.48. The van der Waals surface area contributed by atoms with Crippen LogP contribution < -0.4 is 0 Å². The van der Waals surface area contributed by atoms with Crippen LogP contribution in [0, 0.1) is 23.2 Å². The van der Waals surface area contributed by atoms with Gasteiger partial charge in [0.2, 0.25) is 5.91 Å². The highest BCUT2D eigenvalue weighted by atomic mass is 16.3. The summed E-state index contributed by atoms with van der Waals surface area (Å²) in [6.45, 7) is 6.93. The number of phenols is 1. The molecule has 0 spiro atoms. The molecule has 4 rings (SSSR count). The van der Waals surface area contributed by atoms with Crippen LogP contribution in [0.2, 0.25) is 0 Å². The third kappa shape index (κ3) is 3.19. The fourth-order valence-corrected chi connectivity index (χ4v) is 6.60. The van der Waals surface area contributed by atoms with E-state index in [9.17, 15) is 14.7 Å². The van der Waals surface area contributed by atoms with Gasteiger partial charge in [-0.1, -0.05) is 19.9 Å². The monoisotopic (exact) mass is 397 g/mol. The maximum atomic E-state index is 13.4. The lowest BCUT2D eigenvalue weighted by atomic mass is 9.55. The minimum Gasteiger partial charge on any atom is -0.508 e. The van der Waals surface area contributed by atoms with Gasteiger partial charge in [0.05, 0.1) is 0 Å². The first-order valence-electron chi connectivity index (χ1n) is 11.4. The second kappa shape index (κ2) is 7.45.